The molecule has 0 aromatic heterocycles. The second-order valence-electron chi connectivity index (χ2n) is 5.21. The molecule has 0 aliphatic carbocycles. The van der Waals surface area contributed by atoms with Gasteiger partial charge in [0.25, 0.3) is 0 Å². The van der Waals surface area contributed by atoms with Crippen molar-refractivity contribution in [1.29, 1.82) is 0 Å². The summed E-state index contributed by atoms with van der Waals surface area (Å²) in [5.74, 6) is -0.349. The summed E-state index contributed by atoms with van der Waals surface area (Å²) in [6.45, 7) is 9.49. The van der Waals surface area contributed by atoms with Gasteiger partial charge in [0, 0.05) is 19.6 Å². The average Bonchev–Trinajstić information content (AvgIpc) is 2.38. The number of ether oxygens (including phenoxy) is 1. The molecule has 20 heavy (non-hydrogen) atoms. The molecule has 0 bridgehead atoms. The van der Waals surface area contributed by atoms with Crippen LogP contribution in [-0.2, 0) is 11.3 Å². The van der Waals surface area contributed by atoms with Crippen LogP contribution in [0.2, 0.25) is 0 Å². The minimum absolute atomic E-state index is 0.396. The molecular weight excluding hydrogens is 254 g/mol. The van der Waals surface area contributed by atoms with Crippen molar-refractivity contribution >= 4 is 5.97 Å². The van der Waals surface area contributed by atoms with Gasteiger partial charge in [0.1, 0.15) is 5.75 Å². The number of nitrogens with zero attached hydrogens (tertiary/aromatic N) is 1. The van der Waals surface area contributed by atoms with Gasteiger partial charge in [-0.3, -0.25) is 9.69 Å². The standard InChI is InChI=1S/C16H23NO3/c1-12(2)9-17(10-13(3)16(18)19)11-14-5-7-15(20-4)8-6-14/h5-8,13H,1,9-11H2,2-4H3,(H,18,19). The normalized spacial score (nSPS) is 12.2. The first-order valence-corrected chi connectivity index (χ1v) is 6.65. The van der Waals surface area contributed by atoms with Gasteiger partial charge in [-0.1, -0.05) is 31.2 Å². The molecule has 1 rings (SSSR count). The molecule has 4 heteroatoms. The van der Waals surface area contributed by atoms with Gasteiger partial charge in [-0.2, -0.15) is 0 Å². The number of benzene rings is 1. The number of rotatable bonds is 8. The van der Waals surface area contributed by atoms with E-state index in [1.54, 1.807) is 14.0 Å². The monoisotopic (exact) mass is 277 g/mol. The number of carboxylic acids is 1. The lowest BCUT2D eigenvalue weighted by atomic mass is 10.1. The highest BCUT2D eigenvalue weighted by atomic mass is 16.5. The Morgan fingerprint density at radius 1 is 1.40 bits per heavy atom. The van der Waals surface area contributed by atoms with Crippen LogP contribution in [0.15, 0.2) is 36.4 Å². The minimum Gasteiger partial charge on any atom is -0.497 e. The quantitative estimate of drug-likeness (QED) is 0.742. The van der Waals surface area contributed by atoms with Crippen molar-refractivity contribution in [3.8, 4) is 5.75 Å². The van der Waals surface area contributed by atoms with E-state index in [1.807, 2.05) is 31.2 Å². The molecule has 0 spiro atoms. The molecule has 0 saturated carbocycles. The van der Waals surface area contributed by atoms with Crippen LogP contribution in [0.1, 0.15) is 19.4 Å². The molecule has 4 nitrogen and oxygen atoms in total. The third-order valence-electron chi connectivity index (χ3n) is 3.01. The molecule has 1 N–H and O–H groups in total. The molecule has 0 fully saturated rings. The van der Waals surface area contributed by atoms with E-state index in [0.717, 1.165) is 16.9 Å². The molecule has 1 aromatic rings. The van der Waals surface area contributed by atoms with Crippen molar-refractivity contribution in [3.63, 3.8) is 0 Å². The number of hydrogen-bond donors (Lipinski definition) is 1. The molecule has 0 saturated heterocycles. The van der Waals surface area contributed by atoms with Crippen molar-refractivity contribution in [1.82, 2.24) is 4.90 Å². The Hall–Kier alpha value is -1.81. The zero-order chi connectivity index (χ0) is 15.1. The summed E-state index contributed by atoms with van der Waals surface area (Å²) in [7, 11) is 1.64. The maximum atomic E-state index is 11.0. The number of carboxylic acid groups (broad SMARTS) is 1. The van der Waals surface area contributed by atoms with Crippen molar-refractivity contribution in [2.24, 2.45) is 5.92 Å². The summed E-state index contributed by atoms with van der Waals surface area (Å²) in [4.78, 5) is 13.1. The lowest BCUT2D eigenvalue weighted by Crippen LogP contribution is -2.32. The van der Waals surface area contributed by atoms with E-state index in [0.29, 0.717) is 19.6 Å². The number of methoxy groups -OCH3 is 1. The third-order valence-corrected chi connectivity index (χ3v) is 3.01. The van der Waals surface area contributed by atoms with Crippen LogP contribution in [0.3, 0.4) is 0 Å². The van der Waals surface area contributed by atoms with Crippen LogP contribution in [0, 0.1) is 5.92 Å². The summed E-state index contributed by atoms with van der Waals surface area (Å²) in [5.41, 5.74) is 2.15. The predicted octanol–water partition coefficient (Wildman–Crippen LogP) is 2.79. The second-order valence-corrected chi connectivity index (χ2v) is 5.21. The van der Waals surface area contributed by atoms with Gasteiger partial charge in [0.15, 0.2) is 0 Å². The van der Waals surface area contributed by atoms with E-state index in [-0.39, 0.29) is 0 Å². The fraction of sp³-hybridized carbons (Fsp3) is 0.438. The maximum absolute atomic E-state index is 11.0. The number of aliphatic carboxylic acids is 1. The van der Waals surface area contributed by atoms with Crippen molar-refractivity contribution < 1.29 is 14.6 Å². The Labute approximate surface area is 120 Å². The number of hydrogen-bond acceptors (Lipinski definition) is 3. The first-order chi connectivity index (χ1) is 9.42. The van der Waals surface area contributed by atoms with Gasteiger partial charge in [-0.15, -0.1) is 0 Å². The van der Waals surface area contributed by atoms with E-state index < -0.39 is 11.9 Å². The van der Waals surface area contributed by atoms with E-state index in [4.69, 9.17) is 9.84 Å². The van der Waals surface area contributed by atoms with Crippen LogP contribution in [0.5, 0.6) is 5.75 Å². The molecule has 0 aliphatic rings. The smallest absolute Gasteiger partial charge is 0.307 e. The predicted molar refractivity (Wildman–Crippen MR) is 79.9 cm³/mol. The molecule has 0 amide bonds. The molecular formula is C16H23NO3. The van der Waals surface area contributed by atoms with Crippen molar-refractivity contribution in [2.45, 2.75) is 20.4 Å². The summed E-state index contributed by atoms with van der Waals surface area (Å²) < 4.78 is 5.13. The highest BCUT2D eigenvalue weighted by molar-refractivity contribution is 5.69. The molecule has 0 aliphatic heterocycles. The minimum atomic E-state index is -0.772. The van der Waals surface area contributed by atoms with Gasteiger partial charge in [-0.25, -0.2) is 0 Å². The number of carbonyl (C=O) groups is 1. The average molecular weight is 277 g/mol. The van der Waals surface area contributed by atoms with Crippen LogP contribution < -0.4 is 4.74 Å². The zero-order valence-electron chi connectivity index (χ0n) is 12.4. The summed E-state index contributed by atoms with van der Waals surface area (Å²) >= 11 is 0. The van der Waals surface area contributed by atoms with E-state index in [9.17, 15) is 4.79 Å². The molecule has 110 valence electrons. The first kappa shape index (κ1) is 16.2. The highest BCUT2D eigenvalue weighted by Crippen LogP contribution is 2.14. The fourth-order valence-corrected chi connectivity index (χ4v) is 2.02. The third kappa shape index (κ3) is 5.45. The Morgan fingerprint density at radius 3 is 2.45 bits per heavy atom. The van der Waals surface area contributed by atoms with Gasteiger partial charge in [-0.05, 0) is 24.6 Å². The second kappa shape index (κ2) is 7.70. The maximum Gasteiger partial charge on any atom is 0.307 e. The van der Waals surface area contributed by atoms with E-state index >= 15 is 0 Å². The molecule has 1 unspecified atom stereocenters. The van der Waals surface area contributed by atoms with Crippen molar-refractivity contribution in [2.75, 3.05) is 20.2 Å². The van der Waals surface area contributed by atoms with E-state index in [1.165, 1.54) is 0 Å². The lowest BCUT2D eigenvalue weighted by Gasteiger charge is -2.24. The van der Waals surface area contributed by atoms with Gasteiger partial charge in [0.2, 0.25) is 0 Å². The lowest BCUT2D eigenvalue weighted by molar-refractivity contribution is -0.141. The molecule has 0 heterocycles. The highest BCUT2D eigenvalue weighted by Gasteiger charge is 2.16. The first-order valence-electron chi connectivity index (χ1n) is 6.65. The summed E-state index contributed by atoms with van der Waals surface area (Å²) in [5, 5.41) is 9.03. The van der Waals surface area contributed by atoms with Gasteiger partial charge < -0.3 is 9.84 Å². The molecule has 0 radical (unpaired) electrons. The van der Waals surface area contributed by atoms with Gasteiger partial charge in [0.05, 0.1) is 13.0 Å². The topological polar surface area (TPSA) is 49.8 Å². The van der Waals surface area contributed by atoms with Crippen LogP contribution in [0.4, 0.5) is 0 Å². The Morgan fingerprint density at radius 2 is 2.00 bits per heavy atom. The summed E-state index contributed by atoms with van der Waals surface area (Å²) in [6.07, 6.45) is 0. The largest absolute Gasteiger partial charge is 0.497 e. The van der Waals surface area contributed by atoms with Gasteiger partial charge >= 0.3 is 5.97 Å². The van der Waals surface area contributed by atoms with Crippen LogP contribution in [0.25, 0.3) is 0 Å². The van der Waals surface area contributed by atoms with Crippen LogP contribution >= 0.6 is 0 Å². The van der Waals surface area contributed by atoms with E-state index in [2.05, 4.69) is 11.5 Å². The Balaban J connectivity index is 2.72. The molecule has 1 atom stereocenters. The SMILES string of the molecule is C=C(C)CN(Cc1ccc(OC)cc1)CC(C)C(=O)O. The zero-order valence-corrected chi connectivity index (χ0v) is 12.4. The summed E-state index contributed by atoms with van der Waals surface area (Å²) in [6, 6.07) is 7.81. The molecule has 1 aromatic carbocycles. The Kier molecular flexibility index (Phi) is 6.25. The fourth-order valence-electron chi connectivity index (χ4n) is 2.02. The van der Waals surface area contributed by atoms with Crippen molar-refractivity contribution in [3.05, 3.63) is 42.0 Å². The van der Waals surface area contributed by atoms with Crippen LogP contribution in [-0.4, -0.2) is 36.2 Å². The Bertz CT molecular complexity index is 453.